The Bertz CT molecular complexity index is 274. The number of ether oxygens (including phenoxy) is 3. The summed E-state index contributed by atoms with van der Waals surface area (Å²) in [6.45, 7) is 1.29. The summed E-state index contributed by atoms with van der Waals surface area (Å²) in [5, 5.41) is 0. The SMILES string of the molecule is COC(=O)C1CC2(CN1C=O)OCCO2. The molecule has 6 heteroatoms. The van der Waals surface area contributed by atoms with Gasteiger partial charge in [-0.25, -0.2) is 4.79 Å². The van der Waals surface area contributed by atoms with Gasteiger partial charge in [0.2, 0.25) is 6.41 Å². The van der Waals surface area contributed by atoms with Gasteiger partial charge in [-0.3, -0.25) is 4.79 Å². The second-order valence-corrected chi connectivity index (χ2v) is 3.63. The molecule has 2 rings (SSSR count). The number of methoxy groups -OCH3 is 1. The number of amides is 1. The van der Waals surface area contributed by atoms with Crippen molar-refractivity contribution >= 4 is 12.4 Å². The number of esters is 1. The first-order chi connectivity index (χ1) is 7.21. The van der Waals surface area contributed by atoms with Crippen molar-refractivity contribution in [3.63, 3.8) is 0 Å². The number of rotatable bonds is 2. The van der Waals surface area contributed by atoms with Crippen LogP contribution in [0.15, 0.2) is 0 Å². The van der Waals surface area contributed by atoms with Crippen LogP contribution in [-0.4, -0.2) is 56.0 Å². The Balaban J connectivity index is 2.12. The molecule has 0 aromatic rings. The third-order valence-corrected chi connectivity index (χ3v) is 2.75. The summed E-state index contributed by atoms with van der Waals surface area (Å²) < 4.78 is 15.5. The molecule has 6 nitrogen and oxygen atoms in total. The fourth-order valence-electron chi connectivity index (χ4n) is 2.04. The lowest BCUT2D eigenvalue weighted by Crippen LogP contribution is -2.36. The zero-order valence-electron chi connectivity index (χ0n) is 8.47. The molecule has 0 aromatic carbocycles. The first-order valence-electron chi connectivity index (χ1n) is 4.77. The molecule has 1 spiro atoms. The van der Waals surface area contributed by atoms with Crippen LogP contribution >= 0.6 is 0 Å². The van der Waals surface area contributed by atoms with Gasteiger partial charge in [0.25, 0.3) is 0 Å². The largest absolute Gasteiger partial charge is 0.467 e. The van der Waals surface area contributed by atoms with Gasteiger partial charge in [-0.2, -0.15) is 0 Å². The highest BCUT2D eigenvalue weighted by Crippen LogP contribution is 2.34. The van der Waals surface area contributed by atoms with Crippen molar-refractivity contribution in [1.29, 1.82) is 0 Å². The fourth-order valence-corrected chi connectivity index (χ4v) is 2.04. The number of carbonyl (C=O) groups is 2. The monoisotopic (exact) mass is 215 g/mol. The van der Waals surface area contributed by atoms with Gasteiger partial charge >= 0.3 is 5.97 Å². The number of hydrogen-bond donors (Lipinski definition) is 0. The predicted octanol–water partition coefficient (Wildman–Crippen LogP) is -0.867. The second-order valence-electron chi connectivity index (χ2n) is 3.63. The molecule has 0 radical (unpaired) electrons. The van der Waals surface area contributed by atoms with Crippen molar-refractivity contribution in [2.24, 2.45) is 0 Å². The van der Waals surface area contributed by atoms with Crippen LogP contribution < -0.4 is 0 Å². The van der Waals surface area contributed by atoms with Gasteiger partial charge in [-0.1, -0.05) is 0 Å². The van der Waals surface area contributed by atoms with Crippen molar-refractivity contribution in [3.05, 3.63) is 0 Å². The topological polar surface area (TPSA) is 65.1 Å². The lowest BCUT2D eigenvalue weighted by Gasteiger charge is -2.19. The molecule has 1 atom stereocenters. The van der Waals surface area contributed by atoms with Crippen molar-refractivity contribution in [2.45, 2.75) is 18.2 Å². The Kier molecular flexibility index (Phi) is 2.62. The molecule has 0 N–H and O–H groups in total. The fraction of sp³-hybridized carbons (Fsp3) is 0.778. The molecule has 0 bridgehead atoms. The van der Waals surface area contributed by atoms with Crippen LogP contribution in [0.25, 0.3) is 0 Å². The Morgan fingerprint density at radius 1 is 1.53 bits per heavy atom. The van der Waals surface area contributed by atoms with Crippen LogP contribution in [0.1, 0.15) is 6.42 Å². The quantitative estimate of drug-likeness (QED) is 0.442. The Morgan fingerprint density at radius 2 is 2.20 bits per heavy atom. The van der Waals surface area contributed by atoms with E-state index in [0.29, 0.717) is 26.0 Å². The van der Waals surface area contributed by atoms with Gasteiger partial charge < -0.3 is 19.1 Å². The Labute approximate surface area is 87.1 Å². The first-order valence-corrected chi connectivity index (χ1v) is 4.77. The molecule has 15 heavy (non-hydrogen) atoms. The van der Waals surface area contributed by atoms with Crippen molar-refractivity contribution in [2.75, 3.05) is 26.9 Å². The lowest BCUT2D eigenvalue weighted by atomic mass is 10.1. The molecule has 0 aliphatic carbocycles. The molecule has 0 aromatic heterocycles. The maximum Gasteiger partial charge on any atom is 0.328 e. The maximum absolute atomic E-state index is 11.4. The summed E-state index contributed by atoms with van der Waals surface area (Å²) in [7, 11) is 1.30. The summed E-state index contributed by atoms with van der Waals surface area (Å²) in [5.41, 5.74) is 0. The van der Waals surface area contributed by atoms with Crippen LogP contribution in [0.2, 0.25) is 0 Å². The van der Waals surface area contributed by atoms with Crippen molar-refractivity contribution in [1.82, 2.24) is 4.90 Å². The minimum Gasteiger partial charge on any atom is -0.467 e. The van der Waals surface area contributed by atoms with Gasteiger partial charge in [-0.15, -0.1) is 0 Å². The smallest absolute Gasteiger partial charge is 0.328 e. The molecule has 2 fully saturated rings. The third kappa shape index (κ3) is 1.70. The zero-order chi connectivity index (χ0) is 10.9. The van der Waals surface area contributed by atoms with Crippen molar-refractivity contribution in [3.8, 4) is 0 Å². The molecule has 2 aliphatic rings. The van der Waals surface area contributed by atoms with E-state index in [4.69, 9.17) is 9.47 Å². The summed E-state index contributed by atoms with van der Waals surface area (Å²) in [5.74, 6) is -1.22. The Hall–Kier alpha value is -1.14. The molecule has 2 aliphatic heterocycles. The van der Waals surface area contributed by atoms with E-state index < -0.39 is 17.8 Å². The summed E-state index contributed by atoms with van der Waals surface area (Å²) in [6, 6.07) is -0.592. The van der Waals surface area contributed by atoms with Gasteiger partial charge in [0.1, 0.15) is 6.04 Å². The average Bonchev–Trinajstić information content (AvgIpc) is 2.85. The number of nitrogens with zero attached hydrogens (tertiary/aromatic N) is 1. The van der Waals surface area contributed by atoms with Gasteiger partial charge in [-0.05, 0) is 0 Å². The molecule has 1 amide bonds. The first kappa shape index (κ1) is 10.4. The van der Waals surface area contributed by atoms with Crippen LogP contribution in [0.3, 0.4) is 0 Å². The van der Waals surface area contributed by atoms with Crippen LogP contribution in [0, 0.1) is 0 Å². The maximum atomic E-state index is 11.4. The van der Waals surface area contributed by atoms with Gasteiger partial charge in [0.05, 0.1) is 26.9 Å². The van der Waals surface area contributed by atoms with E-state index in [0.717, 1.165) is 0 Å². The number of hydrogen-bond acceptors (Lipinski definition) is 5. The van der Waals surface area contributed by atoms with Gasteiger partial charge in [0.15, 0.2) is 5.79 Å². The summed E-state index contributed by atoms with van der Waals surface area (Å²) in [4.78, 5) is 23.5. The van der Waals surface area contributed by atoms with Gasteiger partial charge in [0, 0.05) is 6.42 Å². The Morgan fingerprint density at radius 3 is 2.73 bits per heavy atom. The predicted molar refractivity (Wildman–Crippen MR) is 47.8 cm³/mol. The van der Waals surface area contributed by atoms with E-state index in [2.05, 4.69) is 4.74 Å². The van der Waals surface area contributed by atoms with Crippen LogP contribution in [-0.2, 0) is 23.8 Å². The normalized spacial score (nSPS) is 28.3. The number of likely N-dealkylation sites (tertiary alicyclic amines) is 1. The molecule has 1 unspecified atom stereocenters. The highest BCUT2D eigenvalue weighted by atomic mass is 16.7. The van der Waals surface area contributed by atoms with E-state index in [1.54, 1.807) is 0 Å². The van der Waals surface area contributed by atoms with E-state index in [1.807, 2.05) is 0 Å². The molecular weight excluding hydrogens is 202 g/mol. The van der Waals surface area contributed by atoms with E-state index in [1.165, 1.54) is 12.0 Å². The van der Waals surface area contributed by atoms with E-state index in [9.17, 15) is 9.59 Å². The highest BCUT2D eigenvalue weighted by Gasteiger charge is 2.51. The molecule has 84 valence electrons. The molecule has 2 heterocycles. The third-order valence-electron chi connectivity index (χ3n) is 2.75. The summed E-state index contributed by atoms with van der Waals surface area (Å²) in [6.07, 6.45) is 0.972. The second kappa shape index (κ2) is 3.79. The summed E-state index contributed by atoms with van der Waals surface area (Å²) >= 11 is 0. The number of carbonyl (C=O) groups excluding carboxylic acids is 2. The molecule has 2 saturated heterocycles. The molecular formula is C9H13NO5. The standard InChI is InChI=1S/C9H13NO5/c1-13-8(12)7-4-9(5-10(7)6-11)14-2-3-15-9/h6-7H,2-5H2,1H3. The zero-order valence-corrected chi connectivity index (χ0v) is 8.47. The van der Waals surface area contributed by atoms with Crippen LogP contribution in [0.4, 0.5) is 0 Å². The van der Waals surface area contributed by atoms with E-state index in [-0.39, 0.29) is 6.54 Å². The van der Waals surface area contributed by atoms with E-state index >= 15 is 0 Å². The lowest BCUT2D eigenvalue weighted by molar-refractivity contribution is -0.152. The highest BCUT2D eigenvalue weighted by molar-refractivity contribution is 5.79. The minimum absolute atomic E-state index is 0.288. The average molecular weight is 215 g/mol. The molecule has 0 saturated carbocycles. The van der Waals surface area contributed by atoms with Crippen LogP contribution in [0.5, 0.6) is 0 Å². The van der Waals surface area contributed by atoms with Crippen molar-refractivity contribution < 1.29 is 23.8 Å². The minimum atomic E-state index is -0.792.